The third kappa shape index (κ3) is 4.94. The average Bonchev–Trinajstić information content (AvgIpc) is 2.55. The lowest BCUT2D eigenvalue weighted by atomic mass is 10.2. The molecule has 0 spiro atoms. The van der Waals surface area contributed by atoms with Crippen molar-refractivity contribution in [2.75, 3.05) is 0 Å². The van der Waals surface area contributed by atoms with Gasteiger partial charge in [-0.3, -0.25) is 4.79 Å². The number of hydrogen-bond acceptors (Lipinski definition) is 3. The summed E-state index contributed by atoms with van der Waals surface area (Å²) in [5.41, 5.74) is 2.12. The highest BCUT2D eigenvalue weighted by molar-refractivity contribution is 14.1. The topological polar surface area (TPSA) is 35.5 Å². The summed E-state index contributed by atoms with van der Waals surface area (Å²) in [5.74, 6) is 1.08. The summed E-state index contributed by atoms with van der Waals surface area (Å²) in [6, 6.07) is 11.7. The number of carbonyl (C=O) groups excluding carboxylic acids is 1. The van der Waals surface area contributed by atoms with E-state index in [-0.39, 0.29) is 5.97 Å². The van der Waals surface area contributed by atoms with Gasteiger partial charge in [-0.05, 0) is 74.8 Å². The summed E-state index contributed by atoms with van der Waals surface area (Å²) < 4.78 is 13.2. The lowest BCUT2D eigenvalue weighted by Crippen LogP contribution is -2.09. The van der Waals surface area contributed by atoms with Gasteiger partial charge in [-0.2, -0.15) is 0 Å². The van der Waals surface area contributed by atoms with Crippen molar-refractivity contribution in [3.05, 3.63) is 55.6 Å². The maximum Gasteiger partial charge on any atom is 0.310 e. The van der Waals surface area contributed by atoms with E-state index in [4.69, 9.17) is 9.47 Å². The van der Waals surface area contributed by atoms with E-state index in [0.717, 1.165) is 25.8 Å². The molecule has 0 saturated heterocycles. The van der Waals surface area contributed by atoms with Crippen LogP contribution >= 0.6 is 38.5 Å². The molecule has 2 aromatic carbocycles. The van der Waals surface area contributed by atoms with Crippen LogP contribution in [-0.2, 0) is 17.8 Å². The van der Waals surface area contributed by atoms with Crippen LogP contribution in [0.25, 0.3) is 0 Å². The summed E-state index contributed by atoms with van der Waals surface area (Å²) >= 11 is 5.76. The average molecular weight is 489 g/mol. The fourth-order valence-electron chi connectivity index (χ4n) is 2.00. The molecule has 0 atom stereocenters. The molecule has 2 rings (SSSR count). The van der Waals surface area contributed by atoms with E-state index < -0.39 is 0 Å². The summed E-state index contributed by atoms with van der Waals surface area (Å²) in [7, 11) is 0. The Morgan fingerprint density at radius 3 is 2.61 bits per heavy atom. The van der Waals surface area contributed by atoms with Crippen LogP contribution in [0.1, 0.15) is 31.4 Å². The smallest absolute Gasteiger partial charge is 0.310 e. The molecule has 0 amide bonds. The van der Waals surface area contributed by atoms with Crippen molar-refractivity contribution in [1.82, 2.24) is 0 Å². The first-order valence-corrected chi connectivity index (χ1v) is 9.31. The van der Waals surface area contributed by atoms with Gasteiger partial charge in [0.25, 0.3) is 0 Å². The van der Waals surface area contributed by atoms with Gasteiger partial charge in [-0.25, -0.2) is 0 Å². The molecule has 0 heterocycles. The first kappa shape index (κ1) is 18.3. The third-order valence-corrected chi connectivity index (χ3v) is 5.00. The Bertz CT molecular complexity index is 701. The van der Waals surface area contributed by atoms with Crippen molar-refractivity contribution in [3.63, 3.8) is 0 Å². The van der Waals surface area contributed by atoms with Gasteiger partial charge in [0.05, 0.1) is 4.47 Å². The summed E-state index contributed by atoms with van der Waals surface area (Å²) in [6.07, 6.45) is 1.32. The number of halogens is 2. The summed E-state index contributed by atoms with van der Waals surface area (Å²) in [6.45, 7) is 4.23. The Morgan fingerprint density at radius 1 is 1.17 bits per heavy atom. The second-order valence-corrected chi connectivity index (χ2v) is 6.97. The fraction of sp³-hybridized carbons (Fsp3) is 0.278. The first-order valence-electron chi connectivity index (χ1n) is 7.44. The molecule has 23 heavy (non-hydrogen) atoms. The zero-order valence-electron chi connectivity index (χ0n) is 13.1. The lowest BCUT2D eigenvalue weighted by molar-refractivity contribution is -0.134. The molecule has 0 radical (unpaired) electrons. The summed E-state index contributed by atoms with van der Waals surface area (Å²) in [5, 5.41) is 0. The first-order chi connectivity index (χ1) is 11.0. The van der Waals surface area contributed by atoms with Crippen molar-refractivity contribution < 1.29 is 14.3 Å². The molecular weight excluding hydrogens is 471 g/mol. The minimum atomic E-state index is -0.248. The SMILES string of the molecule is CCC(=O)Oc1cccc(I)c1COc1ccc(CC)cc1Br. The van der Waals surface area contributed by atoms with Crippen molar-refractivity contribution >= 4 is 44.5 Å². The number of aryl methyl sites for hydroxylation is 1. The molecule has 0 aromatic heterocycles. The highest BCUT2D eigenvalue weighted by atomic mass is 127. The zero-order valence-corrected chi connectivity index (χ0v) is 16.8. The Balaban J connectivity index is 2.18. The van der Waals surface area contributed by atoms with Gasteiger partial charge in [-0.1, -0.05) is 26.0 Å². The molecule has 0 aliphatic heterocycles. The van der Waals surface area contributed by atoms with Crippen LogP contribution in [0, 0.1) is 3.57 Å². The third-order valence-electron chi connectivity index (χ3n) is 3.36. The number of benzene rings is 2. The molecule has 0 bridgehead atoms. The highest BCUT2D eigenvalue weighted by Gasteiger charge is 2.12. The van der Waals surface area contributed by atoms with Gasteiger partial charge in [0, 0.05) is 15.6 Å². The van der Waals surface area contributed by atoms with Crippen LogP contribution < -0.4 is 9.47 Å². The van der Waals surface area contributed by atoms with E-state index in [2.05, 4.69) is 51.5 Å². The maximum atomic E-state index is 11.6. The molecule has 0 aliphatic rings. The van der Waals surface area contributed by atoms with Gasteiger partial charge in [0.1, 0.15) is 18.1 Å². The van der Waals surface area contributed by atoms with Crippen LogP contribution in [0.4, 0.5) is 0 Å². The highest BCUT2D eigenvalue weighted by Crippen LogP contribution is 2.30. The molecule has 5 heteroatoms. The molecular formula is C18H18BrIO3. The van der Waals surface area contributed by atoms with Crippen molar-refractivity contribution in [2.24, 2.45) is 0 Å². The van der Waals surface area contributed by atoms with Crippen molar-refractivity contribution in [1.29, 1.82) is 0 Å². The molecule has 2 aromatic rings. The zero-order chi connectivity index (χ0) is 16.8. The molecule has 0 N–H and O–H groups in total. The Hall–Kier alpha value is -1.08. The van der Waals surface area contributed by atoms with E-state index in [1.165, 1.54) is 5.56 Å². The van der Waals surface area contributed by atoms with E-state index in [1.54, 1.807) is 13.0 Å². The minimum Gasteiger partial charge on any atom is -0.488 e. The standard InChI is InChI=1S/C18H18BrIO3/c1-3-12-8-9-17(14(19)10-12)22-11-13-15(20)6-5-7-16(13)23-18(21)4-2/h5-10H,3-4,11H2,1-2H3. The van der Waals surface area contributed by atoms with E-state index in [0.29, 0.717) is 18.8 Å². The number of rotatable bonds is 6. The molecule has 0 aliphatic carbocycles. The lowest BCUT2D eigenvalue weighted by Gasteiger charge is -2.14. The second-order valence-electron chi connectivity index (χ2n) is 4.95. The normalized spacial score (nSPS) is 10.4. The van der Waals surface area contributed by atoms with Gasteiger partial charge < -0.3 is 9.47 Å². The largest absolute Gasteiger partial charge is 0.488 e. The molecule has 0 fully saturated rings. The molecule has 122 valence electrons. The van der Waals surface area contributed by atoms with Crippen LogP contribution in [0.5, 0.6) is 11.5 Å². The van der Waals surface area contributed by atoms with Crippen LogP contribution in [0.3, 0.4) is 0 Å². The van der Waals surface area contributed by atoms with Crippen LogP contribution in [0.2, 0.25) is 0 Å². The maximum absolute atomic E-state index is 11.6. The number of ether oxygens (including phenoxy) is 2. The predicted molar refractivity (Wildman–Crippen MR) is 103 cm³/mol. The molecule has 3 nitrogen and oxygen atoms in total. The van der Waals surface area contributed by atoms with Gasteiger partial charge >= 0.3 is 5.97 Å². The quantitative estimate of drug-likeness (QED) is 0.305. The number of esters is 1. The minimum absolute atomic E-state index is 0.248. The van der Waals surface area contributed by atoms with Crippen molar-refractivity contribution in [2.45, 2.75) is 33.3 Å². The van der Waals surface area contributed by atoms with Gasteiger partial charge in [0.2, 0.25) is 0 Å². The van der Waals surface area contributed by atoms with Gasteiger partial charge in [-0.15, -0.1) is 0 Å². The fourth-order valence-corrected chi connectivity index (χ4v) is 3.17. The molecule has 0 saturated carbocycles. The Morgan fingerprint density at radius 2 is 1.96 bits per heavy atom. The Labute approximate surface area is 158 Å². The Kier molecular flexibility index (Phi) is 6.89. The van der Waals surface area contributed by atoms with Gasteiger partial charge in [0.15, 0.2) is 0 Å². The number of hydrogen-bond donors (Lipinski definition) is 0. The second kappa shape index (κ2) is 8.68. The predicted octanol–water partition coefficient (Wildman–Crippen LogP) is 5.51. The van der Waals surface area contributed by atoms with Crippen LogP contribution in [-0.4, -0.2) is 5.97 Å². The van der Waals surface area contributed by atoms with E-state index >= 15 is 0 Å². The van der Waals surface area contributed by atoms with Crippen LogP contribution in [0.15, 0.2) is 40.9 Å². The van der Waals surface area contributed by atoms with E-state index in [1.807, 2.05) is 24.3 Å². The van der Waals surface area contributed by atoms with E-state index in [9.17, 15) is 4.79 Å². The monoisotopic (exact) mass is 488 g/mol. The molecule has 0 unspecified atom stereocenters. The number of carbonyl (C=O) groups is 1. The summed E-state index contributed by atoms with van der Waals surface area (Å²) in [4.78, 5) is 11.6. The van der Waals surface area contributed by atoms with Crippen molar-refractivity contribution in [3.8, 4) is 11.5 Å².